The van der Waals surface area contributed by atoms with Gasteiger partial charge in [-0.15, -0.1) is 0 Å². The maximum atomic E-state index is 13.2. The zero-order valence-corrected chi connectivity index (χ0v) is 12.0. The smallest absolute Gasteiger partial charge is 0.123 e. The van der Waals surface area contributed by atoms with Crippen LogP contribution in [0.4, 0.5) is 4.39 Å². The number of rotatable bonds is 4. The molecule has 2 nitrogen and oxygen atoms in total. The Hall–Kier alpha value is -0.930. The summed E-state index contributed by atoms with van der Waals surface area (Å²) in [4.78, 5) is 2.45. The van der Waals surface area contributed by atoms with Gasteiger partial charge in [0.2, 0.25) is 0 Å². The molecule has 1 fully saturated rings. The van der Waals surface area contributed by atoms with Crippen molar-refractivity contribution < 1.29 is 4.39 Å². The topological polar surface area (TPSA) is 15.3 Å². The first-order chi connectivity index (χ1) is 9.13. The molecule has 2 rings (SSSR count). The molecule has 106 valence electrons. The molecule has 19 heavy (non-hydrogen) atoms. The van der Waals surface area contributed by atoms with Crippen molar-refractivity contribution in [3.05, 3.63) is 35.6 Å². The van der Waals surface area contributed by atoms with Crippen molar-refractivity contribution in [2.24, 2.45) is 5.92 Å². The molecule has 0 spiro atoms. The van der Waals surface area contributed by atoms with Gasteiger partial charge in [-0.3, -0.25) is 4.90 Å². The van der Waals surface area contributed by atoms with Crippen LogP contribution < -0.4 is 5.32 Å². The molecule has 1 unspecified atom stereocenters. The molecule has 1 N–H and O–H groups in total. The largest absolute Gasteiger partial charge is 0.313 e. The maximum absolute atomic E-state index is 13.2. The molecule has 3 heteroatoms. The lowest BCUT2D eigenvalue weighted by molar-refractivity contribution is 0.247. The third-order valence-corrected chi connectivity index (χ3v) is 3.61. The van der Waals surface area contributed by atoms with E-state index in [1.807, 2.05) is 6.07 Å². The van der Waals surface area contributed by atoms with E-state index in [-0.39, 0.29) is 5.82 Å². The van der Waals surface area contributed by atoms with E-state index in [2.05, 4.69) is 24.1 Å². The molecule has 1 saturated heterocycles. The lowest BCUT2D eigenvalue weighted by Gasteiger charge is -2.25. The summed E-state index contributed by atoms with van der Waals surface area (Å²) >= 11 is 0. The summed E-state index contributed by atoms with van der Waals surface area (Å²) in [6.45, 7) is 8.64. The van der Waals surface area contributed by atoms with Crippen LogP contribution in [0.15, 0.2) is 24.3 Å². The van der Waals surface area contributed by atoms with Gasteiger partial charge >= 0.3 is 0 Å². The van der Waals surface area contributed by atoms with Crippen LogP contribution in [0.2, 0.25) is 0 Å². The number of halogens is 1. The van der Waals surface area contributed by atoms with Crippen molar-refractivity contribution in [2.45, 2.75) is 39.3 Å². The molecule has 0 bridgehead atoms. The van der Waals surface area contributed by atoms with E-state index >= 15 is 0 Å². The molecule has 1 aliphatic rings. The summed E-state index contributed by atoms with van der Waals surface area (Å²) in [7, 11) is 0. The first-order valence-electron chi connectivity index (χ1n) is 7.33. The lowest BCUT2D eigenvalue weighted by atomic mass is 10.0. The van der Waals surface area contributed by atoms with Gasteiger partial charge < -0.3 is 5.32 Å². The van der Waals surface area contributed by atoms with E-state index in [0.29, 0.717) is 12.0 Å². The van der Waals surface area contributed by atoms with Crippen LogP contribution in [-0.2, 0) is 6.54 Å². The fraction of sp³-hybridized carbons (Fsp3) is 0.625. The van der Waals surface area contributed by atoms with E-state index < -0.39 is 0 Å². The molecule has 1 aliphatic heterocycles. The molecule has 0 aliphatic carbocycles. The van der Waals surface area contributed by atoms with Gasteiger partial charge in [0.1, 0.15) is 5.82 Å². The fourth-order valence-electron chi connectivity index (χ4n) is 2.84. The van der Waals surface area contributed by atoms with Crippen LogP contribution in [-0.4, -0.2) is 30.6 Å². The molecule has 1 atom stereocenters. The van der Waals surface area contributed by atoms with Crippen LogP contribution in [0, 0.1) is 11.7 Å². The summed E-state index contributed by atoms with van der Waals surface area (Å²) in [6.07, 6.45) is 2.38. The zero-order chi connectivity index (χ0) is 13.7. The van der Waals surface area contributed by atoms with Crippen molar-refractivity contribution in [2.75, 3.05) is 19.6 Å². The molecular formula is C16H25FN2. The highest BCUT2D eigenvalue weighted by molar-refractivity contribution is 5.16. The minimum atomic E-state index is -0.135. The predicted octanol–water partition coefficient (Wildman–Crippen LogP) is 3.04. The third kappa shape index (κ3) is 4.92. The summed E-state index contributed by atoms with van der Waals surface area (Å²) in [5, 5.41) is 3.62. The van der Waals surface area contributed by atoms with E-state index in [1.165, 1.54) is 18.9 Å². The quantitative estimate of drug-likeness (QED) is 0.899. The molecule has 1 aromatic carbocycles. The second-order valence-corrected chi connectivity index (χ2v) is 6.00. The van der Waals surface area contributed by atoms with Crippen LogP contribution in [0.1, 0.15) is 32.3 Å². The lowest BCUT2D eigenvalue weighted by Crippen LogP contribution is -2.38. The highest BCUT2D eigenvalue weighted by Gasteiger charge is 2.18. The second kappa shape index (κ2) is 7.01. The summed E-state index contributed by atoms with van der Waals surface area (Å²) in [5.41, 5.74) is 1.07. The van der Waals surface area contributed by atoms with Crippen molar-refractivity contribution in [1.29, 1.82) is 0 Å². The number of hydrogen-bond acceptors (Lipinski definition) is 2. The van der Waals surface area contributed by atoms with Crippen molar-refractivity contribution in [3.63, 3.8) is 0 Å². The number of nitrogens with one attached hydrogen (secondary N) is 1. The van der Waals surface area contributed by atoms with Gasteiger partial charge in [0.25, 0.3) is 0 Å². The average molecular weight is 264 g/mol. The van der Waals surface area contributed by atoms with E-state index in [9.17, 15) is 4.39 Å². The number of benzene rings is 1. The van der Waals surface area contributed by atoms with Gasteiger partial charge in [0, 0.05) is 19.1 Å². The van der Waals surface area contributed by atoms with Gasteiger partial charge in [0.15, 0.2) is 0 Å². The monoisotopic (exact) mass is 264 g/mol. The molecule has 0 radical (unpaired) electrons. The summed E-state index contributed by atoms with van der Waals surface area (Å²) in [6, 6.07) is 7.53. The second-order valence-electron chi connectivity index (χ2n) is 6.00. The molecule has 1 aromatic rings. The maximum Gasteiger partial charge on any atom is 0.123 e. The highest BCUT2D eigenvalue weighted by atomic mass is 19.1. The Bertz CT molecular complexity index is 392. The Morgan fingerprint density at radius 2 is 2.26 bits per heavy atom. The summed E-state index contributed by atoms with van der Waals surface area (Å²) in [5.74, 6) is 0.579. The molecule has 0 amide bonds. The first kappa shape index (κ1) is 14.5. The third-order valence-electron chi connectivity index (χ3n) is 3.61. The van der Waals surface area contributed by atoms with Crippen molar-refractivity contribution in [1.82, 2.24) is 10.2 Å². The van der Waals surface area contributed by atoms with E-state index in [4.69, 9.17) is 0 Å². The Balaban J connectivity index is 1.94. The number of hydrogen-bond donors (Lipinski definition) is 1. The SMILES string of the molecule is CC(C)CC1CN(Cc2cccc(F)c2)CCCN1. The predicted molar refractivity (Wildman–Crippen MR) is 77.5 cm³/mol. The minimum Gasteiger partial charge on any atom is -0.313 e. The van der Waals surface area contributed by atoms with Gasteiger partial charge in [-0.25, -0.2) is 4.39 Å². The molecule has 0 aromatic heterocycles. The number of nitrogens with zero attached hydrogens (tertiary/aromatic N) is 1. The van der Waals surface area contributed by atoms with Gasteiger partial charge in [-0.1, -0.05) is 26.0 Å². The average Bonchev–Trinajstić information content (AvgIpc) is 2.53. The van der Waals surface area contributed by atoms with Crippen molar-refractivity contribution in [3.8, 4) is 0 Å². The Morgan fingerprint density at radius 3 is 3.00 bits per heavy atom. The van der Waals surface area contributed by atoms with Crippen LogP contribution in [0.3, 0.4) is 0 Å². The van der Waals surface area contributed by atoms with Gasteiger partial charge in [-0.2, -0.15) is 0 Å². The highest BCUT2D eigenvalue weighted by Crippen LogP contribution is 2.13. The molecule has 0 saturated carbocycles. The Kier molecular flexibility index (Phi) is 5.34. The van der Waals surface area contributed by atoms with E-state index in [0.717, 1.165) is 31.7 Å². The Labute approximate surface area is 116 Å². The minimum absolute atomic E-state index is 0.135. The van der Waals surface area contributed by atoms with Crippen LogP contribution in [0.25, 0.3) is 0 Å². The summed E-state index contributed by atoms with van der Waals surface area (Å²) < 4.78 is 13.2. The van der Waals surface area contributed by atoms with Crippen LogP contribution >= 0.6 is 0 Å². The van der Waals surface area contributed by atoms with Crippen molar-refractivity contribution >= 4 is 0 Å². The standard InChI is InChI=1S/C16H25FN2/c1-13(2)9-16-12-19(8-4-7-18-16)11-14-5-3-6-15(17)10-14/h3,5-6,10,13,16,18H,4,7-9,11-12H2,1-2H3. The van der Waals surface area contributed by atoms with Gasteiger partial charge in [0.05, 0.1) is 0 Å². The Morgan fingerprint density at radius 1 is 1.42 bits per heavy atom. The fourth-order valence-corrected chi connectivity index (χ4v) is 2.84. The normalized spacial score (nSPS) is 21.6. The van der Waals surface area contributed by atoms with Gasteiger partial charge in [-0.05, 0) is 49.5 Å². The molecule has 1 heterocycles. The zero-order valence-electron chi connectivity index (χ0n) is 12.0. The molecular weight excluding hydrogens is 239 g/mol. The van der Waals surface area contributed by atoms with E-state index in [1.54, 1.807) is 12.1 Å². The van der Waals surface area contributed by atoms with Crippen LogP contribution in [0.5, 0.6) is 0 Å². The first-order valence-corrected chi connectivity index (χ1v) is 7.33.